The van der Waals surface area contributed by atoms with E-state index in [9.17, 15) is 10.2 Å². The van der Waals surface area contributed by atoms with Gasteiger partial charge in [-0.25, -0.2) is 0 Å². The standard InChI is InChI=1S/C16H25NO2/c1-16(2,12-17-10-8-14(18)9-11-17)15(19)13-6-4-3-5-7-13/h3-7,14-15,18-19H,8-12H2,1-2H3. The van der Waals surface area contributed by atoms with Crippen LogP contribution >= 0.6 is 0 Å². The predicted molar refractivity (Wildman–Crippen MR) is 76.9 cm³/mol. The third-order valence-electron chi connectivity index (χ3n) is 4.04. The number of nitrogens with zero attached hydrogens (tertiary/aromatic N) is 1. The van der Waals surface area contributed by atoms with Crippen LogP contribution in [0.1, 0.15) is 38.4 Å². The molecule has 3 heteroatoms. The Kier molecular flexibility index (Phi) is 4.61. The summed E-state index contributed by atoms with van der Waals surface area (Å²) in [4.78, 5) is 2.35. The van der Waals surface area contributed by atoms with E-state index in [0.717, 1.165) is 38.0 Å². The van der Waals surface area contributed by atoms with Gasteiger partial charge in [-0.05, 0) is 18.4 Å². The zero-order valence-electron chi connectivity index (χ0n) is 11.9. The zero-order valence-corrected chi connectivity index (χ0v) is 11.9. The fourth-order valence-corrected chi connectivity index (χ4v) is 2.83. The summed E-state index contributed by atoms with van der Waals surface area (Å²) in [6.07, 6.45) is 1.09. The third-order valence-corrected chi connectivity index (χ3v) is 4.04. The molecule has 1 heterocycles. The topological polar surface area (TPSA) is 43.7 Å². The minimum Gasteiger partial charge on any atom is -0.393 e. The SMILES string of the molecule is CC(C)(CN1CCC(O)CC1)C(O)c1ccccc1. The van der Waals surface area contributed by atoms with Gasteiger partial charge in [-0.2, -0.15) is 0 Å². The normalized spacial score (nSPS) is 20.4. The van der Waals surface area contributed by atoms with Crippen molar-refractivity contribution in [2.45, 2.75) is 38.9 Å². The Balaban J connectivity index is 1.97. The predicted octanol–water partition coefficient (Wildman–Crippen LogP) is 2.20. The molecule has 106 valence electrons. The lowest BCUT2D eigenvalue weighted by atomic mass is 9.81. The van der Waals surface area contributed by atoms with E-state index in [1.54, 1.807) is 0 Å². The maximum atomic E-state index is 10.6. The van der Waals surface area contributed by atoms with Crippen LogP contribution in [-0.2, 0) is 0 Å². The van der Waals surface area contributed by atoms with E-state index in [-0.39, 0.29) is 11.5 Å². The molecule has 1 atom stereocenters. The Labute approximate surface area is 115 Å². The molecule has 0 spiro atoms. The number of hydrogen-bond acceptors (Lipinski definition) is 3. The van der Waals surface area contributed by atoms with Crippen LogP contribution in [0.2, 0.25) is 0 Å². The Morgan fingerprint density at radius 2 is 1.79 bits per heavy atom. The highest BCUT2D eigenvalue weighted by molar-refractivity contribution is 5.19. The summed E-state index contributed by atoms with van der Waals surface area (Å²) >= 11 is 0. The molecular weight excluding hydrogens is 238 g/mol. The molecule has 3 nitrogen and oxygen atoms in total. The first-order chi connectivity index (χ1) is 8.99. The number of benzene rings is 1. The van der Waals surface area contributed by atoms with E-state index < -0.39 is 6.10 Å². The van der Waals surface area contributed by atoms with E-state index in [2.05, 4.69) is 18.7 Å². The Morgan fingerprint density at radius 3 is 2.37 bits per heavy atom. The monoisotopic (exact) mass is 263 g/mol. The van der Waals surface area contributed by atoms with Gasteiger partial charge in [0.15, 0.2) is 0 Å². The van der Waals surface area contributed by atoms with Crippen molar-refractivity contribution in [2.75, 3.05) is 19.6 Å². The summed E-state index contributed by atoms with van der Waals surface area (Å²) in [7, 11) is 0. The number of aliphatic hydroxyl groups is 2. The maximum absolute atomic E-state index is 10.6. The van der Waals surface area contributed by atoms with Gasteiger partial charge in [0.25, 0.3) is 0 Å². The molecule has 2 N–H and O–H groups in total. The largest absolute Gasteiger partial charge is 0.393 e. The number of hydrogen-bond donors (Lipinski definition) is 2. The molecule has 1 unspecified atom stereocenters. The van der Waals surface area contributed by atoms with Gasteiger partial charge in [-0.3, -0.25) is 0 Å². The first kappa shape index (κ1) is 14.5. The summed E-state index contributed by atoms with van der Waals surface area (Å²) < 4.78 is 0. The molecule has 19 heavy (non-hydrogen) atoms. The molecule has 1 saturated heterocycles. The van der Waals surface area contributed by atoms with E-state index >= 15 is 0 Å². The summed E-state index contributed by atoms with van der Waals surface area (Å²) in [5.41, 5.74) is 0.786. The third kappa shape index (κ3) is 3.78. The fourth-order valence-electron chi connectivity index (χ4n) is 2.83. The molecule has 1 fully saturated rings. The lowest BCUT2D eigenvalue weighted by Crippen LogP contribution is -2.43. The van der Waals surface area contributed by atoms with Gasteiger partial charge in [0, 0.05) is 25.0 Å². The summed E-state index contributed by atoms with van der Waals surface area (Å²) in [6.45, 7) is 6.92. The lowest BCUT2D eigenvalue weighted by Gasteiger charge is -2.38. The molecule has 1 aliphatic rings. The van der Waals surface area contributed by atoms with Crippen molar-refractivity contribution < 1.29 is 10.2 Å². The Hall–Kier alpha value is -0.900. The van der Waals surface area contributed by atoms with Crippen LogP contribution in [0, 0.1) is 5.41 Å². The molecule has 0 amide bonds. The second-order valence-electron chi connectivity index (χ2n) is 6.31. The number of likely N-dealkylation sites (tertiary alicyclic amines) is 1. The molecular formula is C16H25NO2. The van der Waals surface area contributed by atoms with Crippen LogP contribution in [0.3, 0.4) is 0 Å². The summed E-state index contributed by atoms with van der Waals surface area (Å²) in [5.74, 6) is 0. The quantitative estimate of drug-likeness (QED) is 0.875. The van der Waals surface area contributed by atoms with E-state index in [1.165, 1.54) is 0 Å². The van der Waals surface area contributed by atoms with Crippen molar-refractivity contribution in [2.24, 2.45) is 5.41 Å². The van der Waals surface area contributed by atoms with Crippen LogP contribution in [0.5, 0.6) is 0 Å². The molecule has 0 aliphatic carbocycles. The molecule has 0 saturated carbocycles. The van der Waals surface area contributed by atoms with E-state index in [1.807, 2.05) is 30.3 Å². The zero-order chi connectivity index (χ0) is 13.9. The molecule has 0 radical (unpaired) electrons. The van der Waals surface area contributed by atoms with Gasteiger partial charge in [0.1, 0.15) is 0 Å². The number of rotatable bonds is 4. The highest BCUT2D eigenvalue weighted by Crippen LogP contribution is 2.34. The van der Waals surface area contributed by atoms with Crippen molar-refractivity contribution in [3.63, 3.8) is 0 Å². The van der Waals surface area contributed by atoms with Crippen LogP contribution < -0.4 is 0 Å². The highest BCUT2D eigenvalue weighted by Gasteiger charge is 2.32. The summed E-state index contributed by atoms with van der Waals surface area (Å²) in [5, 5.41) is 20.1. The minimum absolute atomic E-state index is 0.140. The van der Waals surface area contributed by atoms with Gasteiger partial charge in [0.2, 0.25) is 0 Å². The number of aliphatic hydroxyl groups excluding tert-OH is 2. The van der Waals surface area contributed by atoms with Gasteiger partial charge in [-0.1, -0.05) is 44.2 Å². The second kappa shape index (κ2) is 6.04. The smallest absolute Gasteiger partial charge is 0.0853 e. The van der Waals surface area contributed by atoms with Crippen molar-refractivity contribution in [3.05, 3.63) is 35.9 Å². The van der Waals surface area contributed by atoms with Crippen molar-refractivity contribution >= 4 is 0 Å². The fraction of sp³-hybridized carbons (Fsp3) is 0.625. The molecule has 0 bridgehead atoms. The average Bonchev–Trinajstić information content (AvgIpc) is 2.41. The van der Waals surface area contributed by atoms with Gasteiger partial charge in [0.05, 0.1) is 12.2 Å². The van der Waals surface area contributed by atoms with Crippen LogP contribution in [0.25, 0.3) is 0 Å². The molecule has 1 aliphatic heterocycles. The maximum Gasteiger partial charge on any atom is 0.0853 e. The van der Waals surface area contributed by atoms with Crippen LogP contribution in [-0.4, -0.2) is 40.9 Å². The summed E-state index contributed by atoms with van der Waals surface area (Å²) in [6, 6.07) is 9.85. The van der Waals surface area contributed by atoms with Crippen molar-refractivity contribution in [1.82, 2.24) is 4.90 Å². The van der Waals surface area contributed by atoms with E-state index in [0.29, 0.717) is 0 Å². The number of piperidine rings is 1. The lowest BCUT2D eigenvalue weighted by molar-refractivity contribution is 0.00181. The molecule has 2 rings (SSSR count). The molecule has 0 aromatic heterocycles. The van der Waals surface area contributed by atoms with E-state index in [4.69, 9.17) is 0 Å². The minimum atomic E-state index is -0.458. The van der Waals surface area contributed by atoms with Gasteiger partial charge >= 0.3 is 0 Å². The van der Waals surface area contributed by atoms with Crippen molar-refractivity contribution in [3.8, 4) is 0 Å². The Bertz CT molecular complexity index is 383. The highest BCUT2D eigenvalue weighted by atomic mass is 16.3. The molecule has 1 aromatic carbocycles. The Morgan fingerprint density at radius 1 is 1.21 bits per heavy atom. The first-order valence-electron chi connectivity index (χ1n) is 7.12. The molecule has 1 aromatic rings. The van der Waals surface area contributed by atoms with Gasteiger partial charge < -0.3 is 15.1 Å². The van der Waals surface area contributed by atoms with Crippen LogP contribution in [0.15, 0.2) is 30.3 Å². The van der Waals surface area contributed by atoms with Crippen LogP contribution in [0.4, 0.5) is 0 Å². The second-order valence-corrected chi connectivity index (χ2v) is 6.31. The van der Waals surface area contributed by atoms with Crippen molar-refractivity contribution in [1.29, 1.82) is 0 Å². The van der Waals surface area contributed by atoms with Gasteiger partial charge in [-0.15, -0.1) is 0 Å². The first-order valence-corrected chi connectivity index (χ1v) is 7.12. The average molecular weight is 263 g/mol.